The van der Waals surface area contributed by atoms with Gasteiger partial charge < -0.3 is 4.90 Å². The Balaban J connectivity index is 2.03. The Bertz CT molecular complexity index is 732. The fourth-order valence-electron chi connectivity index (χ4n) is 2.70. The summed E-state index contributed by atoms with van der Waals surface area (Å²) in [5.41, 5.74) is 2.58. The van der Waals surface area contributed by atoms with Gasteiger partial charge in [-0.25, -0.2) is 0 Å². The minimum absolute atomic E-state index is 0.0924. The van der Waals surface area contributed by atoms with E-state index in [9.17, 15) is 4.79 Å². The molecule has 1 atom stereocenters. The van der Waals surface area contributed by atoms with Crippen molar-refractivity contribution in [3.05, 3.63) is 62.0 Å². The maximum Gasteiger partial charge on any atom is 0.260 e. The first-order valence-corrected chi connectivity index (χ1v) is 8.09. The van der Waals surface area contributed by atoms with Crippen LogP contribution in [0.3, 0.4) is 0 Å². The molecule has 2 nitrogen and oxygen atoms in total. The van der Waals surface area contributed by atoms with Crippen LogP contribution in [0.25, 0.3) is 0 Å². The molecule has 1 aliphatic heterocycles. The van der Waals surface area contributed by atoms with E-state index in [0.29, 0.717) is 15.6 Å². The monoisotopic (exact) mass is 383 g/mol. The van der Waals surface area contributed by atoms with Crippen LogP contribution in [0.4, 0.5) is 5.69 Å². The van der Waals surface area contributed by atoms with Crippen molar-refractivity contribution >= 4 is 50.7 Å². The van der Waals surface area contributed by atoms with Crippen LogP contribution in [-0.4, -0.2) is 11.9 Å². The lowest BCUT2D eigenvalue weighted by Crippen LogP contribution is -2.35. The lowest BCUT2D eigenvalue weighted by Gasteiger charge is -2.23. The SMILES string of the molecule is C[C@H]1Cc2cc(Br)ccc2N1C(=O)c1ccc(Cl)cc1Cl. The van der Waals surface area contributed by atoms with Crippen molar-refractivity contribution in [1.82, 2.24) is 0 Å². The van der Waals surface area contributed by atoms with E-state index in [4.69, 9.17) is 23.2 Å². The molecule has 3 rings (SSSR count). The molecule has 0 bridgehead atoms. The number of benzene rings is 2. The van der Waals surface area contributed by atoms with Crippen molar-refractivity contribution in [3.63, 3.8) is 0 Å². The molecule has 0 radical (unpaired) electrons. The summed E-state index contributed by atoms with van der Waals surface area (Å²) in [7, 11) is 0. The molecule has 0 unspecified atom stereocenters. The van der Waals surface area contributed by atoms with Crippen molar-refractivity contribution in [1.29, 1.82) is 0 Å². The highest BCUT2D eigenvalue weighted by Gasteiger charge is 2.32. The predicted molar refractivity (Wildman–Crippen MR) is 90.6 cm³/mol. The van der Waals surface area contributed by atoms with Gasteiger partial charge in [0.2, 0.25) is 0 Å². The number of rotatable bonds is 1. The molecule has 1 amide bonds. The third kappa shape index (κ3) is 2.70. The number of fused-ring (bicyclic) bond motifs is 1. The highest BCUT2D eigenvalue weighted by atomic mass is 79.9. The summed E-state index contributed by atoms with van der Waals surface area (Å²) in [4.78, 5) is 14.6. The molecule has 0 saturated heterocycles. The topological polar surface area (TPSA) is 20.3 Å². The molecule has 1 aliphatic rings. The average Bonchev–Trinajstić information content (AvgIpc) is 2.73. The van der Waals surface area contributed by atoms with E-state index in [1.165, 1.54) is 0 Å². The molecule has 1 heterocycles. The Morgan fingerprint density at radius 3 is 2.71 bits per heavy atom. The van der Waals surface area contributed by atoms with Gasteiger partial charge in [0.25, 0.3) is 5.91 Å². The Morgan fingerprint density at radius 2 is 2.00 bits per heavy atom. The van der Waals surface area contributed by atoms with Crippen molar-refractivity contribution in [2.24, 2.45) is 0 Å². The molecular formula is C16H12BrCl2NO. The second-order valence-corrected chi connectivity index (χ2v) is 6.88. The van der Waals surface area contributed by atoms with Gasteiger partial charge in [-0.15, -0.1) is 0 Å². The molecule has 108 valence electrons. The molecule has 0 fully saturated rings. The zero-order valence-electron chi connectivity index (χ0n) is 11.2. The largest absolute Gasteiger partial charge is 0.305 e. The quantitative estimate of drug-likeness (QED) is 0.649. The number of anilines is 1. The second-order valence-electron chi connectivity index (χ2n) is 5.13. The standard InChI is InChI=1S/C16H12BrCl2NO/c1-9-6-10-7-11(17)2-5-15(10)20(9)16(21)13-4-3-12(18)8-14(13)19/h2-5,7-9H,6H2,1H3/t9-/m0/s1. The van der Waals surface area contributed by atoms with Gasteiger partial charge >= 0.3 is 0 Å². The number of halogens is 3. The van der Waals surface area contributed by atoms with E-state index < -0.39 is 0 Å². The predicted octanol–water partition coefficient (Wildman–Crippen LogP) is 5.35. The number of amides is 1. The Labute approximate surface area is 141 Å². The molecule has 0 aliphatic carbocycles. The summed E-state index contributed by atoms with van der Waals surface area (Å²) in [6.45, 7) is 2.04. The van der Waals surface area contributed by atoms with Crippen LogP contribution in [0.1, 0.15) is 22.8 Å². The molecule has 0 spiro atoms. The number of nitrogens with zero attached hydrogens (tertiary/aromatic N) is 1. The highest BCUT2D eigenvalue weighted by Crippen LogP contribution is 2.36. The van der Waals surface area contributed by atoms with Crippen molar-refractivity contribution < 1.29 is 4.79 Å². The van der Waals surface area contributed by atoms with E-state index in [0.717, 1.165) is 22.1 Å². The van der Waals surface area contributed by atoms with Gasteiger partial charge in [0.1, 0.15) is 0 Å². The number of carbonyl (C=O) groups excluding carboxylic acids is 1. The normalized spacial score (nSPS) is 17.0. The van der Waals surface area contributed by atoms with E-state index in [-0.39, 0.29) is 11.9 Å². The highest BCUT2D eigenvalue weighted by molar-refractivity contribution is 9.10. The molecule has 0 aromatic heterocycles. The third-order valence-electron chi connectivity index (χ3n) is 3.64. The Hall–Kier alpha value is -1.03. The third-order valence-corrected chi connectivity index (χ3v) is 4.68. The van der Waals surface area contributed by atoms with Crippen LogP contribution in [0.5, 0.6) is 0 Å². The fourth-order valence-corrected chi connectivity index (χ4v) is 3.60. The molecule has 0 saturated carbocycles. The molecular weight excluding hydrogens is 373 g/mol. The molecule has 5 heteroatoms. The van der Waals surface area contributed by atoms with Gasteiger partial charge in [0.05, 0.1) is 10.6 Å². The van der Waals surface area contributed by atoms with Crippen LogP contribution >= 0.6 is 39.1 Å². The summed E-state index contributed by atoms with van der Waals surface area (Å²) < 4.78 is 1.02. The maximum absolute atomic E-state index is 12.8. The van der Waals surface area contributed by atoms with Gasteiger partial charge in [-0.1, -0.05) is 39.1 Å². The zero-order valence-corrected chi connectivity index (χ0v) is 14.3. The number of carbonyl (C=O) groups is 1. The van der Waals surface area contributed by atoms with Crippen molar-refractivity contribution in [2.45, 2.75) is 19.4 Å². The van der Waals surface area contributed by atoms with Gasteiger partial charge in [-0.05, 0) is 55.3 Å². The molecule has 2 aromatic rings. The van der Waals surface area contributed by atoms with Gasteiger partial charge in [0, 0.05) is 21.2 Å². The molecule has 21 heavy (non-hydrogen) atoms. The Morgan fingerprint density at radius 1 is 1.24 bits per heavy atom. The summed E-state index contributed by atoms with van der Waals surface area (Å²) in [5.74, 6) is -0.0924. The summed E-state index contributed by atoms with van der Waals surface area (Å²) >= 11 is 15.5. The lowest BCUT2D eigenvalue weighted by atomic mass is 10.1. The smallest absolute Gasteiger partial charge is 0.260 e. The van der Waals surface area contributed by atoms with Crippen molar-refractivity contribution in [3.8, 4) is 0 Å². The van der Waals surface area contributed by atoms with E-state index in [1.54, 1.807) is 23.1 Å². The van der Waals surface area contributed by atoms with Crippen LogP contribution in [0.15, 0.2) is 40.9 Å². The minimum atomic E-state index is -0.0924. The lowest BCUT2D eigenvalue weighted by molar-refractivity contribution is 0.0981. The minimum Gasteiger partial charge on any atom is -0.305 e. The fraction of sp³-hybridized carbons (Fsp3) is 0.188. The number of hydrogen-bond donors (Lipinski definition) is 0. The van der Waals surface area contributed by atoms with Gasteiger partial charge in [-0.2, -0.15) is 0 Å². The zero-order chi connectivity index (χ0) is 15.1. The van der Waals surface area contributed by atoms with Crippen LogP contribution < -0.4 is 4.90 Å². The van der Waals surface area contributed by atoms with E-state index >= 15 is 0 Å². The van der Waals surface area contributed by atoms with Gasteiger partial charge in [-0.3, -0.25) is 4.79 Å². The van der Waals surface area contributed by atoms with Crippen LogP contribution in [0.2, 0.25) is 10.0 Å². The van der Waals surface area contributed by atoms with E-state index in [2.05, 4.69) is 22.0 Å². The average molecular weight is 385 g/mol. The van der Waals surface area contributed by atoms with Gasteiger partial charge in [0.15, 0.2) is 0 Å². The first-order chi connectivity index (χ1) is 9.97. The number of hydrogen-bond acceptors (Lipinski definition) is 1. The van der Waals surface area contributed by atoms with Crippen molar-refractivity contribution in [2.75, 3.05) is 4.90 Å². The summed E-state index contributed by atoms with van der Waals surface area (Å²) in [6.07, 6.45) is 0.839. The van der Waals surface area contributed by atoms with Crippen LogP contribution in [-0.2, 0) is 6.42 Å². The summed E-state index contributed by atoms with van der Waals surface area (Å²) in [5, 5.41) is 0.903. The molecule has 2 aromatic carbocycles. The first-order valence-electron chi connectivity index (χ1n) is 6.54. The Kier molecular flexibility index (Phi) is 4.00. The first kappa shape index (κ1) is 14.9. The maximum atomic E-state index is 12.8. The summed E-state index contributed by atoms with van der Waals surface area (Å²) in [6, 6.07) is 11.0. The second kappa shape index (κ2) is 5.64. The molecule has 0 N–H and O–H groups in total. The van der Waals surface area contributed by atoms with E-state index in [1.807, 2.05) is 19.1 Å². The van der Waals surface area contributed by atoms with Crippen LogP contribution in [0, 0.1) is 0 Å².